The number of amides is 1. The lowest BCUT2D eigenvalue weighted by molar-refractivity contribution is -0.138. The molecule has 1 aromatic heterocycles. The smallest absolute Gasteiger partial charge is 0.408 e. The van der Waals surface area contributed by atoms with Crippen molar-refractivity contribution in [3.63, 3.8) is 0 Å². The van der Waals surface area contributed by atoms with Gasteiger partial charge in [0.25, 0.3) is 0 Å². The van der Waals surface area contributed by atoms with Gasteiger partial charge in [-0.2, -0.15) is 0 Å². The lowest BCUT2D eigenvalue weighted by Crippen LogP contribution is -2.44. The molecular formula is C15H21N3O6S. The fourth-order valence-electron chi connectivity index (χ4n) is 1.59. The fourth-order valence-corrected chi connectivity index (χ4v) is 2.52. The molecule has 9 nitrogen and oxygen atoms in total. The Balaban J connectivity index is 2.73. The van der Waals surface area contributed by atoms with Crippen LogP contribution in [0.5, 0.6) is 0 Å². The highest BCUT2D eigenvalue weighted by Crippen LogP contribution is 2.25. The number of nitrogen functional groups attached to an aromatic ring is 1. The van der Waals surface area contributed by atoms with Crippen LogP contribution in [-0.2, 0) is 14.3 Å². The predicted molar refractivity (Wildman–Crippen MR) is 91.5 cm³/mol. The maximum Gasteiger partial charge on any atom is 0.408 e. The van der Waals surface area contributed by atoms with E-state index in [4.69, 9.17) is 10.5 Å². The number of aromatic nitrogens is 1. The van der Waals surface area contributed by atoms with E-state index in [1.807, 2.05) is 0 Å². The molecule has 1 aromatic rings. The molecule has 1 atom stereocenters. The number of esters is 1. The number of hydrogen-bond donors (Lipinski definition) is 3. The van der Waals surface area contributed by atoms with Gasteiger partial charge in [-0.05, 0) is 26.8 Å². The third-order valence-electron chi connectivity index (χ3n) is 2.69. The first kappa shape index (κ1) is 20.6. The number of nitrogens with two attached hydrogens (primary N) is 1. The van der Waals surface area contributed by atoms with Gasteiger partial charge in [0.05, 0.1) is 7.11 Å². The number of carboxylic acids is 1. The minimum atomic E-state index is -1.21. The zero-order valence-electron chi connectivity index (χ0n) is 14.4. The van der Waals surface area contributed by atoms with Crippen LogP contribution in [0.3, 0.4) is 0 Å². The van der Waals surface area contributed by atoms with Gasteiger partial charge in [0.2, 0.25) is 0 Å². The monoisotopic (exact) mass is 371 g/mol. The Labute approximate surface area is 149 Å². The number of carbonyl (C=O) groups is 3. The summed E-state index contributed by atoms with van der Waals surface area (Å²) >= 11 is 1.08. The van der Waals surface area contributed by atoms with Gasteiger partial charge >= 0.3 is 18.0 Å². The van der Waals surface area contributed by atoms with Crippen molar-refractivity contribution in [2.75, 3.05) is 18.6 Å². The van der Waals surface area contributed by atoms with Crippen LogP contribution in [0.2, 0.25) is 0 Å². The number of carboxylic acid groups (broad SMARTS) is 1. The third-order valence-corrected chi connectivity index (χ3v) is 3.84. The molecule has 1 rings (SSSR count). The molecule has 0 bridgehead atoms. The van der Waals surface area contributed by atoms with Crippen molar-refractivity contribution in [1.29, 1.82) is 0 Å². The summed E-state index contributed by atoms with van der Waals surface area (Å²) < 4.78 is 9.58. The Morgan fingerprint density at radius 3 is 2.52 bits per heavy atom. The molecule has 0 spiro atoms. The lowest BCUT2D eigenvalue weighted by Gasteiger charge is -2.22. The molecule has 0 radical (unpaired) electrons. The second kappa shape index (κ2) is 8.56. The average Bonchev–Trinajstić information content (AvgIpc) is 2.49. The van der Waals surface area contributed by atoms with Gasteiger partial charge in [-0.15, -0.1) is 11.8 Å². The molecule has 138 valence electrons. The van der Waals surface area contributed by atoms with Crippen LogP contribution in [0, 0.1) is 0 Å². The Kier molecular flexibility index (Phi) is 7.04. The number of pyridine rings is 1. The number of nitrogens with one attached hydrogen (secondary N) is 1. The Morgan fingerprint density at radius 2 is 2.04 bits per heavy atom. The average molecular weight is 371 g/mol. The van der Waals surface area contributed by atoms with Gasteiger partial charge in [0.1, 0.15) is 17.3 Å². The highest BCUT2D eigenvalue weighted by atomic mass is 32.2. The van der Waals surface area contributed by atoms with Crippen LogP contribution in [0.15, 0.2) is 17.2 Å². The number of aliphatic carboxylic acids is 1. The summed E-state index contributed by atoms with van der Waals surface area (Å²) in [7, 11) is 1.22. The van der Waals surface area contributed by atoms with E-state index in [-0.39, 0.29) is 17.1 Å². The summed E-state index contributed by atoms with van der Waals surface area (Å²) in [5.74, 6) is -1.84. The highest BCUT2D eigenvalue weighted by Gasteiger charge is 2.24. The minimum absolute atomic E-state index is 0.00196. The second-order valence-corrected chi connectivity index (χ2v) is 7.01. The van der Waals surface area contributed by atoms with Gasteiger partial charge in [-0.1, -0.05) is 0 Å². The van der Waals surface area contributed by atoms with Crippen LogP contribution < -0.4 is 11.1 Å². The summed E-state index contributed by atoms with van der Waals surface area (Å²) in [6.07, 6.45) is 0.520. The summed E-state index contributed by atoms with van der Waals surface area (Å²) in [5, 5.41) is 11.5. The van der Waals surface area contributed by atoms with Gasteiger partial charge in [-0.25, -0.2) is 19.4 Å². The van der Waals surface area contributed by atoms with Crippen molar-refractivity contribution in [2.24, 2.45) is 0 Å². The minimum Gasteiger partial charge on any atom is -0.480 e. The molecule has 0 aromatic carbocycles. The van der Waals surface area contributed by atoms with Crippen molar-refractivity contribution in [1.82, 2.24) is 10.3 Å². The molecule has 0 aliphatic carbocycles. The van der Waals surface area contributed by atoms with Crippen molar-refractivity contribution in [2.45, 2.75) is 37.3 Å². The topological polar surface area (TPSA) is 141 Å². The second-order valence-electron chi connectivity index (χ2n) is 5.95. The van der Waals surface area contributed by atoms with Crippen molar-refractivity contribution < 1.29 is 29.0 Å². The van der Waals surface area contributed by atoms with E-state index in [0.29, 0.717) is 4.90 Å². The first-order chi connectivity index (χ1) is 11.5. The van der Waals surface area contributed by atoms with Crippen LogP contribution >= 0.6 is 11.8 Å². The Hall–Kier alpha value is -2.49. The van der Waals surface area contributed by atoms with E-state index in [1.165, 1.54) is 19.4 Å². The molecule has 0 saturated carbocycles. The van der Waals surface area contributed by atoms with E-state index >= 15 is 0 Å². The number of rotatable bonds is 6. The van der Waals surface area contributed by atoms with E-state index < -0.39 is 29.7 Å². The standard InChI is InChI=1S/C15H21N3O6S/c1-15(2,3)24-14(22)18-10(12(19)20)7-25-11-6-17-9(5-8(11)16)13(21)23-4/h5-6,10H,7H2,1-4H3,(H2,16,17)(H,18,22)(H,19,20)/t10-/m0/s1. The van der Waals surface area contributed by atoms with Gasteiger partial charge in [0, 0.05) is 22.5 Å². The number of nitrogens with zero attached hydrogens (tertiary/aromatic N) is 1. The summed E-state index contributed by atoms with van der Waals surface area (Å²) in [5.41, 5.74) is 5.39. The van der Waals surface area contributed by atoms with Crippen LogP contribution in [0.4, 0.5) is 10.5 Å². The van der Waals surface area contributed by atoms with E-state index in [0.717, 1.165) is 11.8 Å². The molecule has 0 unspecified atom stereocenters. The van der Waals surface area contributed by atoms with Crippen LogP contribution in [0.25, 0.3) is 0 Å². The number of hydrogen-bond acceptors (Lipinski definition) is 8. The largest absolute Gasteiger partial charge is 0.480 e. The lowest BCUT2D eigenvalue weighted by atomic mass is 10.2. The molecule has 0 saturated heterocycles. The summed E-state index contributed by atoms with van der Waals surface area (Å²) in [6, 6.07) is 0.158. The normalized spacial score (nSPS) is 12.2. The third kappa shape index (κ3) is 6.87. The molecule has 0 fully saturated rings. The van der Waals surface area contributed by atoms with Crippen LogP contribution in [0.1, 0.15) is 31.3 Å². The summed E-state index contributed by atoms with van der Waals surface area (Å²) in [4.78, 5) is 38.8. The summed E-state index contributed by atoms with van der Waals surface area (Å²) in [6.45, 7) is 5.02. The van der Waals surface area contributed by atoms with Gasteiger partial charge in [-0.3, -0.25) is 0 Å². The van der Waals surface area contributed by atoms with E-state index in [2.05, 4.69) is 15.0 Å². The number of methoxy groups -OCH3 is 1. The molecule has 1 amide bonds. The number of thioether (sulfide) groups is 1. The molecule has 10 heteroatoms. The van der Waals surface area contributed by atoms with Crippen LogP contribution in [-0.4, -0.2) is 52.6 Å². The Morgan fingerprint density at radius 1 is 1.40 bits per heavy atom. The van der Waals surface area contributed by atoms with E-state index in [9.17, 15) is 19.5 Å². The molecule has 4 N–H and O–H groups in total. The molecule has 25 heavy (non-hydrogen) atoms. The zero-order valence-corrected chi connectivity index (χ0v) is 15.2. The number of ether oxygens (including phenoxy) is 2. The maximum absolute atomic E-state index is 11.7. The molecule has 0 aliphatic rings. The first-order valence-electron chi connectivity index (χ1n) is 7.22. The molecule has 1 heterocycles. The van der Waals surface area contributed by atoms with Crippen molar-refractivity contribution >= 4 is 35.5 Å². The van der Waals surface area contributed by atoms with Gasteiger partial charge in [0.15, 0.2) is 0 Å². The highest BCUT2D eigenvalue weighted by molar-refractivity contribution is 7.99. The predicted octanol–water partition coefficient (Wildman–Crippen LogP) is 1.52. The van der Waals surface area contributed by atoms with Gasteiger partial charge < -0.3 is 25.6 Å². The molecular weight excluding hydrogens is 350 g/mol. The zero-order chi connectivity index (χ0) is 19.2. The number of carbonyl (C=O) groups excluding carboxylic acids is 2. The Bertz CT molecular complexity index is 659. The van der Waals surface area contributed by atoms with Crippen molar-refractivity contribution in [3.05, 3.63) is 18.0 Å². The maximum atomic E-state index is 11.7. The number of anilines is 1. The van der Waals surface area contributed by atoms with Crippen molar-refractivity contribution in [3.8, 4) is 0 Å². The quantitative estimate of drug-likeness (QED) is 0.501. The number of alkyl carbamates (subject to hydrolysis) is 1. The SMILES string of the molecule is COC(=O)c1cc(N)c(SC[C@H](NC(=O)OC(C)(C)C)C(=O)O)cn1. The van der Waals surface area contributed by atoms with E-state index in [1.54, 1.807) is 20.8 Å². The first-order valence-corrected chi connectivity index (χ1v) is 8.21. The fraction of sp³-hybridized carbons (Fsp3) is 0.467. The molecule has 0 aliphatic heterocycles.